The summed E-state index contributed by atoms with van der Waals surface area (Å²) >= 11 is 0. The molecule has 0 radical (unpaired) electrons. The highest BCUT2D eigenvalue weighted by atomic mass is 19.4. The minimum absolute atomic E-state index is 0.0963. The van der Waals surface area contributed by atoms with E-state index in [2.05, 4.69) is 5.32 Å². The number of amides is 2. The first-order valence-corrected chi connectivity index (χ1v) is 8.79. The van der Waals surface area contributed by atoms with Gasteiger partial charge in [0.2, 0.25) is 0 Å². The highest BCUT2D eigenvalue weighted by molar-refractivity contribution is 6.19. The van der Waals surface area contributed by atoms with Crippen molar-refractivity contribution in [1.29, 1.82) is 5.26 Å². The van der Waals surface area contributed by atoms with Crippen molar-refractivity contribution in [3.8, 4) is 6.07 Å². The van der Waals surface area contributed by atoms with Gasteiger partial charge >= 0.3 is 6.18 Å². The summed E-state index contributed by atoms with van der Waals surface area (Å²) in [6, 6.07) is 3.59. The molecular formula is C20H22F3N3O2. The third-order valence-corrected chi connectivity index (χ3v) is 4.54. The number of aryl methyl sites for hydroxylation is 1. The van der Waals surface area contributed by atoms with Crippen molar-refractivity contribution >= 4 is 17.9 Å². The molecule has 0 fully saturated rings. The number of hydrogen-bond acceptors (Lipinski definition) is 3. The van der Waals surface area contributed by atoms with Crippen LogP contribution < -0.4 is 5.32 Å². The van der Waals surface area contributed by atoms with Crippen molar-refractivity contribution in [2.45, 2.75) is 58.7 Å². The number of nitrogens with one attached hydrogen (secondary N) is 1. The van der Waals surface area contributed by atoms with E-state index in [1.165, 1.54) is 13.0 Å². The fourth-order valence-corrected chi connectivity index (χ4v) is 2.86. The maximum atomic E-state index is 12.5. The summed E-state index contributed by atoms with van der Waals surface area (Å²) in [4.78, 5) is 24.0. The lowest BCUT2D eigenvalue weighted by atomic mass is 9.89. The second-order valence-corrected chi connectivity index (χ2v) is 7.77. The van der Waals surface area contributed by atoms with E-state index in [0.717, 1.165) is 5.56 Å². The van der Waals surface area contributed by atoms with Gasteiger partial charge < -0.3 is 4.57 Å². The zero-order valence-corrected chi connectivity index (χ0v) is 16.2. The minimum Gasteiger partial charge on any atom is -0.348 e. The van der Waals surface area contributed by atoms with Crippen LogP contribution in [0.25, 0.3) is 6.08 Å². The van der Waals surface area contributed by atoms with Gasteiger partial charge in [-0.2, -0.15) is 18.4 Å². The van der Waals surface area contributed by atoms with Crippen LogP contribution in [-0.4, -0.2) is 22.6 Å². The average Bonchev–Trinajstić information content (AvgIpc) is 2.93. The largest absolute Gasteiger partial charge is 0.389 e. The first kappa shape index (κ1) is 21.5. The molecule has 0 aromatic carbocycles. The molecule has 2 rings (SSSR count). The van der Waals surface area contributed by atoms with Crippen molar-refractivity contribution in [3.05, 3.63) is 40.2 Å². The molecule has 0 bridgehead atoms. The Morgan fingerprint density at radius 2 is 1.86 bits per heavy atom. The molecule has 5 nitrogen and oxygen atoms in total. The van der Waals surface area contributed by atoms with Crippen molar-refractivity contribution in [2.75, 3.05) is 0 Å². The Hall–Kier alpha value is -2.82. The van der Waals surface area contributed by atoms with Gasteiger partial charge in [-0.15, -0.1) is 0 Å². The fourth-order valence-electron chi connectivity index (χ4n) is 2.86. The predicted octanol–water partition coefficient (Wildman–Crippen LogP) is 4.01. The Labute approximate surface area is 161 Å². The highest BCUT2D eigenvalue weighted by Gasteiger charge is 2.29. The average molecular weight is 393 g/mol. The topological polar surface area (TPSA) is 74.9 Å². The van der Waals surface area contributed by atoms with Crippen LogP contribution in [0.5, 0.6) is 0 Å². The van der Waals surface area contributed by atoms with E-state index >= 15 is 0 Å². The maximum Gasteiger partial charge on any atom is 0.389 e. The molecule has 0 aliphatic carbocycles. The van der Waals surface area contributed by atoms with Crippen LogP contribution in [0.3, 0.4) is 0 Å². The first-order chi connectivity index (χ1) is 12.8. The summed E-state index contributed by atoms with van der Waals surface area (Å²) in [6.45, 7) is 7.56. The van der Waals surface area contributed by atoms with E-state index in [0.29, 0.717) is 5.69 Å². The van der Waals surface area contributed by atoms with Gasteiger partial charge in [0.1, 0.15) is 11.6 Å². The minimum atomic E-state index is -4.23. The number of nitrogens with zero attached hydrogens (tertiary/aromatic N) is 2. The Morgan fingerprint density at radius 1 is 1.21 bits per heavy atom. The molecule has 1 N–H and O–H groups in total. The van der Waals surface area contributed by atoms with E-state index in [1.807, 2.05) is 26.8 Å². The number of halogens is 3. The fraction of sp³-hybridized carbons (Fsp3) is 0.450. The van der Waals surface area contributed by atoms with Gasteiger partial charge in [0.05, 0.1) is 0 Å². The number of hydrogen-bond donors (Lipinski definition) is 1. The van der Waals surface area contributed by atoms with Crippen LogP contribution in [0, 0.1) is 11.3 Å². The summed E-state index contributed by atoms with van der Waals surface area (Å²) in [7, 11) is 0. The normalized spacial score (nSPS) is 17.1. The molecule has 150 valence electrons. The molecular weight excluding hydrogens is 371 g/mol. The molecule has 2 heterocycles. The summed E-state index contributed by atoms with van der Waals surface area (Å²) in [5.74, 6) is -1.39. The number of nitriles is 1. The van der Waals surface area contributed by atoms with E-state index < -0.39 is 24.4 Å². The van der Waals surface area contributed by atoms with E-state index in [-0.39, 0.29) is 35.1 Å². The number of imide groups is 1. The summed E-state index contributed by atoms with van der Waals surface area (Å²) in [6.07, 6.45) is -1.95. The van der Waals surface area contributed by atoms with Crippen LogP contribution >= 0.6 is 0 Å². The molecule has 0 saturated carbocycles. The number of carbonyl (C=O) groups is 2. The first-order valence-electron chi connectivity index (χ1n) is 8.79. The number of carbonyl (C=O) groups excluding carboxylic acids is 2. The van der Waals surface area contributed by atoms with Crippen LogP contribution in [0.1, 0.15) is 51.8 Å². The zero-order valence-electron chi connectivity index (χ0n) is 16.2. The molecule has 0 unspecified atom stereocenters. The lowest BCUT2D eigenvalue weighted by Gasteiger charge is -2.16. The summed E-state index contributed by atoms with van der Waals surface area (Å²) < 4.78 is 39.2. The summed E-state index contributed by atoms with van der Waals surface area (Å²) in [5, 5.41) is 11.3. The highest BCUT2D eigenvalue weighted by Crippen LogP contribution is 2.29. The summed E-state index contributed by atoms with van der Waals surface area (Å²) in [5.41, 5.74) is 1.44. The van der Waals surface area contributed by atoms with Crippen LogP contribution in [0.2, 0.25) is 0 Å². The SMILES string of the molecule is CC1=C(C#N)C(=O)NC(=O)/C1=C\c1cc(C(C)(C)C)cn1CCCC(F)(F)F. The zero-order chi connectivity index (χ0) is 21.3. The van der Waals surface area contributed by atoms with E-state index in [1.54, 1.807) is 16.8 Å². The molecule has 0 spiro atoms. The molecule has 1 aliphatic rings. The number of aromatic nitrogens is 1. The third-order valence-electron chi connectivity index (χ3n) is 4.54. The monoisotopic (exact) mass is 393 g/mol. The van der Waals surface area contributed by atoms with Gasteiger partial charge in [-0.25, -0.2) is 0 Å². The number of rotatable bonds is 4. The van der Waals surface area contributed by atoms with Gasteiger partial charge in [0, 0.05) is 30.4 Å². The standard InChI is InChI=1S/C20H22F3N3O2/c1-12-15(17(27)25-18(28)16(12)10-24)9-14-8-13(19(2,3)4)11-26(14)7-5-6-20(21,22)23/h8-9,11H,5-7H2,1-4H3,(H,25,27,28)/b15-9-. The maximum absolute atomic E-state index is 12.5. The Bertz CT molecular complexity index is 907. The Morgan fingerprint density at radius 3 is 2.39 bits per heavy atom. The Balaban J connectivity index is 2.48. The smallest absolute Gasteiger partial charge is 0.348 e. The lowest BCUT2D eigenvalue weighted by molar-refractivity contribution is -0.136. The predicted molar refractivity (Wildman–Crippen MR) is 97.9 cm³/mol. The van der Waals surface area contributed by atoms with Crippen molar-refractivity contribution < 1.29 is 22.8 Å². The van der Waals surface area contributed by atoms with Crippen molar-refractivity contribution in [3.63, 3.8) is 0 Å². The van der Waals surface area contributed by atoms with Gasteiger partial charge in [-0.1, -0.05) is 20.8 Å². The third kappa shape index (κ3) is 4.91. The molecule has 0 saturated heterocycles. The van der Waals surface area contributed by atoms with Crippen LogP contribution in [0.15, 0.2) is 29.0 Å². The second kappa shape index (κ2) is 7.66. The van der Waals surface area contributed by atoms with Gasteiger partial charge in [0.25, 0.3) is 11.8 Å². The van der Waals surface area contributed by atoms with Gasteiger partial charge in [-0.3, -0.25) is 14.9 Å². The van der Waals surface area contributed by atoms with Gasteiger partial charge in [-0.05, 0) is 42.0 Å². The van der Waals surface area contributed by atoms with Crippen molar-refractivity contribution in [2.24, 2.45) is 0 Å². The molecule has 2 amide bonds. The second-order valence-electron chi connectivity index (χ2n) is 7.77. The van der Waals surface area contributed by atoms with Crippen LogP contribution in [0.4, 0.5) is 13.2 Å². The molecule has 0 atom stereocenters. The molecule has 1 aromatic heterocycles. The van der Waals surface area contributed by atoms with Crippen molar-refractivity contribution in [1.82, 2.24) is 9.88 Å². The lowest BCUT2D eigenvalue weighted by Crippen LogP contribution is -2.37. The van der Waals surface area contributed by atoms with Gasteiger partial charge in [0.15, 0.2) is 0 Å². The number of alkyl halides is 3. The Kier molecular flexibility index (Phi) is 5.88. The molecule has 1 aromatic rings. The molecule has 28 heavy (non-hydrogen) atoms. The van der Waals surface area contributed by atoms with E-state index in [9.17, 15) is 22.8 Å². The van der Waals surface area contributed by atoms with E-state index in [4.69, 9.17) is 5.26 Å². The quantitative estimate of drug-likeness (QED) is 0.620. The molecule has 1 aliphatic heterocycles. The molecule has 8 heteroatoms. The van der Waals surface area contributed by atoms with Crippen LogP contribution in [-0.2, 0) is 21.5 Å².